The summed E-state index contributed by atoms with van der Waals surface area (Å²) in [5.74, 6) is 0.983. The highest BCUT2D eigenvalue weighted by Gasteiger charge is 2.46. The summed E-state index contributed by atoms with van der Waals surface area (Å²) in [7, 11) is 0. The number of halogens is 1. The number of hydrogen-bond donors (Lipinski definition) is 0. The van der Waals surface area contributed by atoms with Crippen molar-refractivity contribution < 1.29 is 4.79 Å². The van der Waals surface area contributed by atoms with Crippen LogP contribution >= 0.6 is 22.6 Å². The first-order valence-electron chi connectivity index (χ1n) is 6.69. The van der Waals surface area contributed by atoms with Gasteiger partial charge in [-0.05, 0) is 39.0 Å². The van der Waals surface area contributed by atoms with Gasteiger partial charge in [0.25, 0.3) is 0 Å². The number of rotatable bonds is 5. The van der Waals surface area contributed by atoms with Crippen LogP contribution in [0.15, 0.2) is 11.6 Å². The molecule has 1 saturated carbocycles. The van der Waals surface area contributed by atoms with Gasteiger partial charge in [-0.25, -0.2) is 0 Å². The maximum absolute atomic E-state index is 12.6. The molecule has 2 heteroatoms. The van der Waals surface area contributed by atoms with Gasteiger partial charge in [0.15, 0.2) is 0 Å². The predicted molar refractivity (Wildman–Crippen MR) is 82.6 cm³/mol. The van der Waals surface area contributed by atoms with Gasteiger partial charge in [-0.2, -0.15) is 0 Å². The first kappa shape index (κ1) is 15.2. The van der Waals surface area contributed by atoms with Crippen molar-refractivity contribution >= 4 is 28.4 Å². The van der Waals surface area contributed by atoms with E-state index in [0.717, 1.165) is 19.3 Å². The fourth-order valence-electron chi connectivity index (χ4n) is 2.65. The largest absolute Gasteiger partial charge is 0.299 e. The molecular formula is C15H25IO. The molecule has 1 aliphatic rings. The van der Waals surface area contributed by atoms with Crippen molar-refractivity contribution in [3.8, 4) is 0 Å². The van der Waals surface area contributed by atoms with E-state index >= 15 is 0 Å². The summed E-state index contributed by atoms with van der Waals surface area (Å²) in [4.78, 5) is 12.6. The third-order valence-corrected chi connectivity index (χ3v) is 5.52. The van der Waals surface area contributed by atoms with Gasteiger partial charge in [0.05, 0.1) is 0 Å². The molecule has 1 aliphatic carbocycles. The average molecular weight is 348 g/mol. The van der Waals surface area contributed by atoms with E-state index in [2.05, 4.69) is 56.4 Å². The Morgan fingerprint density at radius 2 is 2.12 bits per heavy atom. The van der Waals surface area contributed by atoms with Gasteiger partial charge < -0.3 is 0 Å². The van der Waals surface area contributed by atoms with Gasteiger partial charge in [0.1, 0.15) is 5.78 Å². The summed E-state index contributed by atoms with van der Waals surface area (Å²) in [5, 5.41) is 0. The van der Waals surface area contributed by atoms with Crippen LogP contribution in [0.3, 0.4) is 0 Å². The van der Waals surface area contributed by atoms with Crippen molar-refractivity contribution in [1.82, 2.24) is 0 Å². The van der Waals surface area contributed by atoms with Crippen LogP contribution in [-0.2, 0) is 4.79 Å². The van der Waals surface area contributed by atoms with Crippen LogP contribution < -0.4 is 0 Å². The first-order chi connectivity index (χ1) is 7.88. The Morgan fingerprint density at radius 3 is 2.53 bits per heavy atom. The molecule has 1 fully saturated rings. The zero-order valence-corrected chi connectivity index (χ0v) is 13.7. The van der Waals surface area contributed by atoms with Crippen molar-refractivity contribution in [2.75, 3.05) is 0 Å². The summed E-state index contributed by atoms with van der Waals surface area (Å²) in [6.07, 6.45) is 7.48. The monoisotopic (exact) mass is 348 g/mol. The number of hydrogen-bond acceptors (Lipinski definition) is 1. The summed E-state index contributed by atoms with van der Waals surface area (Å²) < 4.78 is 0.530. The van der Waals surface area contributed by atoms with Crippen molar-refractivity contribution in [3.05, 3.63) is 11.6 Å². The second-order valence-electron chi connectivity index (χ2n) is 6.02. The lowest BCUT2D eigenvalue weighted by Gasteiger charge is -2.31. The molecule has 0 saturated heterocycles. The molecule has 0 aromatic carbocycles. The molecule has 1 nitrogen and oxygen atoms in total. The van der Waals surface area contributed by atoms with Crippen LogP contribution in [0, 0.1) is 11.3 Å². The zero-order valence-electron chi connectivity index (χ0n) is 11.6. The lowest BCUT2D eigenvalue weighted by Crippen LogP contribution is -2.35. The van der Waals surface area contributed by atoms with Crippen LogP contribution in [0.2, 0.25) is 0 Å². The standard InChI is InChI=1S/C15H25IO/c1-11(2)7-9-15(8-5-6-13(15)16)14(17)10-12(3)4/h7,12-13H,5-6,8-10H2,1-4H3. The SMILES string of the molecule is CC(C)=CCC1(C(=O)CC(C)C)CCCC1I. The Labute approximate surface area is 120 Å². The Kier molecular flexibility index (Phi) is 5.68. The number of allylic oxidation sites excluding steroid dienone is 2. The summed E-state index contributed by atoms with van der Waals surface area (Å²) >= 11 is 2.51. The van der Waals surface area contributed by atoms with Crippen molar-refractivity contribution in [3.63, 3.8) is 0 Å². The molecule has 2 unspecified atom stereocenters. The van der Waals surface area contributed by atoms with Gasteiger partial charge in [-0.15, -0.1) is 0 Å². The Hall–Kier alpha value is 0.140. The minimum absolute atomic E-state index is 0.0535. The van der Waals surface area contributed by atoms with Crippen molar-refractivity contribution in [1.29, 1.82) is 0 Å². The zero-order chi connectivity index (χ0) is 13.1. The highest BCUT2D eigenvalue weighted by atomic mass is 127. The van der Waals surface area contributed by atoms with E-state index in [9.17, 15) is 4.79 Å². The van der Waals surface area contributed by atoms with Gasteiger partial charge >= 0.3 is 0 Å². The van der Waals surface area contributed by atoms with Crippen LogP contribution in [0.5, 0.6) is 0 Å². The van der Waals surface area contributed by atoms with Crippen molar-refractivity contribution in [2.45, 2.75) is 63.7 Å². The van der Waals surface area contributed by atoms with Gasteiger partial charge in [0.2, 0.25) is 0 Å². The number of alkyl halides is 1. The second-order valence-corrected chi connectivity index (χ2v) is 7.53. The normalized spacial score (nSPS) is 28.5. The molecule has 0 N–H and O–H groups in total. The van der Waals surface area contributed by atoms with Gasteiger partial charge in [-0.3, -0.25) is 4.79 Å². The molecule has 17 heavy (non-hydrogen) atoms. The summed E-state index contributed by atoms with van der Waals surface area (Å²) in [5.41, 5.74) is 1.28. The van der Waals surface area contributed by atoms with Crippen LogP contribution in [0.1, 0.15) is 59.8 Å². The van der Waals surface area contributed by atoms with E-state index in [4.69, 9.17) is 0 Å². The molecule has 0 heterocycles. The maximum Gasteiger partial charge on any atom is 0.140 e. The lowest BCUT2D eigenvalue weighted by atomic mass is 9.75. The quantitative estimate of drug-likeness (QED) is 0.391. The van der Waals surface area contributed by atoms with E-state index in [-0.39, 0.29) is 5.41 Å². The number of carbonyl (C=O) groups is 1. The molecule has 0 radical (unpaired) electrons. The third-order valence-electron chi connectivity index (χ3n) is 3.70. The highest BCUT2D eigenvalue weighted by Crippen LogP contribution is 2.48. The molecule has 0 aromatic rings. The summed E-state index contributed by atoms with van der Waals surface area (Å²) in [6, 6.07) is 0. The predicted octanol–water partition coefficient (Wildman–Crippen LogP) is 4.93. The Morgan fingerprint density at radius 1 is 1.47 bits per heavy atom. The maximum atomic E-state index is 12.6. The first-order valence-corrected chi connectivity index (χ1v) is 7.94. The van der Waals surface area contributed by atoms with Gasteiger partial charge in [-0.1, -0.05) is 54.5 Å². The van der Waals surface area contributed by atoms with E-state index < -0.39 is 0 Å². The summed E-state index contributed by atoms with van der Waals surface area (Å²) in [6.45, 7) is 8.53. The van der Waals surface area contributed by atoms with E-state index in [1.807, 2.05) is 0 Å². The molecule has 1 rings (SSSR count). The smallest absolute Gasteiger partial charge is 0.140 e. The minimum atomic E-state index is -0.0535. The molecular weight excluding hydrogens is 323 g/mol. The molecule has 2 atom stereocenters. The second kappa shape index (κ2) is 6.35. The number of Topliss-reactive ketones (excluding diaryl/α,β-unsaturated/α-hetero) is 1. The number of ketones is 1. The molecule has 98 valence electrons. The lowest BCUT2D eigenvalue weighted by molar-refractivity contribution is -0.128. The molecule has 0 aromatic heterocycles. The third kappa shape index (κ3) is 3.80. The van der Waals surface area contributed by atoms with E-state index in [1.54, 1.807) is 0 Å². The molecule has 0 bridgehead atoms. The Bertz CT molecular complexity index is 302. The molecule has 0 amide bonds. The molecule has 0 aliphatic heterocycles. The topological polar surface area (TPSA) is 17.1 Å². The van der Waals surface area contributed by atoms with E-state index in [1.165, 1.54) is 18.4 Å². The Balaban J connectivity index is 2.86. The van der Waals surface area contributed by atoms with Crippen LogP contribution in [0.4, 0.5) is 0 Å². The number of carbonyl (C=O) groups excluding carboxylic acids is 1. The fourth-order valence-corrected chi connectivity index (χ4v) is 4.00. The average Bonchev–Trinajstić information content (AvgIpc) is 2.57. The minimum Gasteiger partial charge on any atom is -0.299 e. The van der Waals surface area contributed by atoms with E-state index in [0.29, 0.717) is 15.6 Å². The molecule has 0 spiro atoms. The van der Waals surface area contributed by atoms with Crippen LogP contribution in [-0.4, -0.2) is 9.71 Å². The van der Waals surface area contributed by atoms with Gasteiger partial charge in [0, 0.05) is 15.8 Å². The fraction of sp³-hybridized carbons (Fsp3) is 0.800. The highest BCUT2D eigenvalue weighted by molar-refractivity contribution is 14.1. The van der Waals surface area contributed by atoms with Crippen molar-refractivity contribution in [2.24, 2.45) is 11.3 Å². The van der Waals surface area contributed by atoms with Crippen LogP contribution in [0.25, 0.3) is 0 Å².